The van der Waals surface area contributed by atoms with Crippen LogP contribution in [0.15, 0.2) is 67.8 Å². The number of allylic oxidation sites excluding steroid dienone is 3. The first-order valence-corrected chi connectivity index (χ1v) is 13.9. The van der Waals surface area contributed by atoms with Gasteiger partial charge < -0.3 is 0 Å². The molecule has 0 radical (unpaired) electrons. The highest BCUT2D eigenvalue weighted by Crippen LogP contribution is 2.24. The molecule has 0 nitrogen and oxygen atoms in total. The molecule has 36 heavy (non-hydrogen) atoms. The molecule has 204 valence electrons. The summed E-state index contributed by atoms with van der Waals surface area (Å²) in [4.78, 5) is 0. The summed E-state index contributed by atoms with van der Waals surface area (Å²) in [5.41, 5.74) is 10.9. The van der Waals surface area contributed by atoms with E-state index < -0.39 is 0 Å². The zero-order valence-corrected chi connectivity index (χ0v) is 26.4. The van der Waals surface area contributed by atoms with Gasteiger partial charge in [-0.3, -0.25) is 0 Å². The van der Waals surface area contributed by atoms with E-state index >= 15 is 0 Å². The van der Waals surface area contributed by atoms with Gasteiger partial charge in [-0.15, -0.1) is 6.58 Å². The number of benzene rings is 2. The lowest BCUT2D eigenvalue weighted by atomic mass is 9.93. The Hall–Kier alpha value is -2.34. The fourth-order valence-electron chi connectivity index (χ4n) is 3.28. The van der Waals surface area contributed by atoms with Gasteiger partial charge in [0.1, 0.15) is 0 Å². The van der Waals surface area contributed by atoms with E-state index in [-0.39, 0.29) is 0 Å². The summed E-state index contributed by atoms with van der Waals surface area (Å²) < 4.78 is 0. The average Bonchev–Trinajstić information content (AvgIpc) is 2.83. The molecule has 0 spiro atoms. The quantitative estimate of drug-likeness (QED) is 0.352. The van der Waals surface area contributed by atoms with E-state index in [0.29, 0.717) is 5.92 Å². The Morgan fingerprint density at radius 2 is 1.42 bits per heavy atom. The maximum Gasteiger partial charge on any atom is 0.00145 e. The topological polar surface area (TPSA) is 0 Å². The minimum Gasteiger partial charge on any atom is -0.103 e. The van der Waals surface area contributed by atoms with Crippen LogP contribution in [0.3, 0.4) is 0 Å². The summed E-state index contributed by atoms with van der Waals surface area (Å²) in [6.45, 7) is 38.9. The fraction of sp³-hybridized carbons (Fsp3) is 0.500. The van der Waals surface area contributed by atoms with Crippen LogP contribution in [0.4, 0.5) is 0 Å². The third-order valence-electron chi connectivity index (χ3n) is 5.46. The minimum absolute atomic E-state index is 0.425. The van der Waals surface area contributed by atoms with E-state index in [1.165, 1.54) is 47.1 Å². The summed E-state index contributed by atoms with van der Waals surface area (Å²) in [7, 11) is 0. The van der Waals surface area contributed by atoms with Crippen LogP contribution in [0.2, 0.25) is 0 Å². The van der Waals surface area contributed by atoms with Crippen LogP contribution in [0.1, 0.15) is 122 Å². The van der Waals surface area contributed by atoms with E-state index in [1.807, 2.05) is 27.7 Å². The molecule has 0 fully saturated rings. The number of aryl methyl sites for hydroxylation is 2. The van der Waals surface area contributed by atoms with Gasteiger partial charge in [0, 0.05) is 5.92 Å². The van der Waals surface area contributed by atoms with Crippen molar-refractivity contribution in [3.63, 3.8) is 0 Å². The fourth-order valence-corrected chi connectivity index (χ4v) is 3.28. The molecule has 0 amide bonds. The lowest BCUT2D eigenvalue weighted by Crippen LogP contribution is -1.97. The van der Waals surface area contributed by atoms with E-state index in [9.17, 15) is 0 Å². The molecule has 0 saturated heterocycles. The van der Waals surface area contributed by atoms with Crippen LogP contribution in [0.25, 0.3) is 5.57 Å². The number of rotatable bonds is 6. The van der Waals surface area contributed by atoms with Gasteiger partial charge >= 0.3 is 0 Å². The van der Waals surface area contributed by atoms with Crippen molar-refractivity contribution in [2.75, 3.05) is 0 Å². The number of hydrogen-bond acceptors (Lipinski definition) is 0. The molecule has 1 unspecified atom stereocenters. The van der Waals surface area contributed by atoms with Crippen molar-refractivity contribution < 1.29 is 0 Å². The van der Waals surface area contributed by atoms with Crippen molar-refractivity contribution in [2.45, 2.75) is 115 Å². The van der Waals surface area contributed by atoms with Gasteiger partial charge in [0.15, 0.2) is 0 Å². The Labute approximate surface area is 227 Å². The Morgan fingerprint density at radius 3 is 1.81 bits per heavy atom. The second-order valence-electron chi connectivity index (χ2n) is 9.86. The predicted molar refractivity (Wildman–Crippen MR) is 171 cm³/mol. The Bertz CT molecular complexity index is 861. The Kier molecular flexibility index (Phi) is 24.5. The highest BCUT2D eigenvalue weighted by Gasteiger charge is 2.06. The van der Waals surface area contributed by atoms with Crippen LogP contribution >= 0.6 is 0 Å². The first-order chi connectivity index (χ1) is 16.9. The summed E-state index contributed by atoms with van der Waals surface area (Å²) in [5.74, 6) is 1.26. The molecule has 0 aromatic heterocycles. The normalized spacial score (nSPS) is 10.1. The molecule has 0 aliphatic rings. The van der Waals surface area contributed by atoms with E-state index in [4.69, 9.17) is 0 Å². The lowest BCUT2D eigenvalue weighted by Gasteiger charge is -2.12. The van der Waals surface area contributed by atoms with E-state index in [0.717, 1.165) is 11.5 Å². The van der Waals surface area contributed by atoms with E-state index in [1.54, 1.807) is 17.2 Å². The zero-order valence-electron chi connectivity index (χ0n) is 26.4. The summed E-state index contributed by atoms with van der Waals surface area (Å²) >= 11 is 0. The van der Waals surface area contributed by atoms with E-state index in [2.05, 4.69) is 118 Å². The molecule has 0 heteroatoms. The van der Waals surface area contributed by atoms with Crippen molar-refractivity contribution in [3.8, 4) is 0 Å². The molecular weight excluding hydrogens is 432 g/mol. The molecule has 0 saturated carbocycles. The smallest absolute Gasteiger partial charge is 0.00145 e. The second-order valence-corrected chi connectivity index (χ2v) is 9.86. The molecule has 2 aromatic carbocycles. The summed E-state index contributed by atoms with van der Waals surface area (Å²) in [5, 5.41) is 0. The molecule has 0 N–H and O–H groups in total. The number of hydrogen-bond donors (Lipinski definition) is 0. The highest BCUT2D eigenvalue weighted by molar-refractivity contribution is 5.62. The Balaban J connectivity index is -0.000000457. The van der Waals surface area contributed by atoms with Gasteiger partial charge in [-0.2, -0.15) is 0 Å². The molecule has 0 bridgehead atoms. The van der Waals surface area contributed by atoms with Crippen LogP contribution in [0, 0.1) is 19.8 Å². The van der Waals surface area contributed by atoms with Gasteiger partial charge in [0.2, 0.25) is 0 Å². The van der Waals surface area contributed by atoms with Gasteiger partial charge in [0.25, 0.3) is 0 Å². The molecular formula is C36H60. The largest absolute Gasteiger partial charge is 0.103 e. The van der Waals surface area contributed by atoms with Crippen LogP contribution < -0.4 is 0 Å². The lowest BCUT2D eigenvalue weighted by molar-refractivity contribution is 0.737. The zero-order chi connectivity index (χ0) is 28.8. The second kappa shape index (κ2) is 23.1. The molecule has 0 aliphatic heterocycles. The Morgan fingerprint density at radius 1 is 0.917 bits per heavy atom. The first-order valence-electron chi connectivity index (χ1n) is 13.9. The molecule has 0 heterocycles. The first kappa shape index (κ1) is 38.2. The average molecular weight is 493 g/mol. The molecule has 1 atom stereocenters. The highest BCUT2D eigenvalue weighted by atomic mass is 14.1. The van der Waals surface area contributed by atoms with Gasteiger partial charge in [-0.25, -0.2) is 0 Å². The van der Waals surface area contributed by atoms with Gasteiger partial charge in [-0.1, -0.05) is 129 Å². The van der Waals surface area contributed by atoms with Gasteiger partial charge in [0.05, 0.1) is 0 Å². The third kappa shape index (κ3) is 17.1. The minimum atomic E-state index is 0.425. The molecule has 0 aliphatic carbocycles. The summed E-state index contributed by atoms with van der Waals surface area (Å²) in [6.07, 6.45) is 5.39. The maximum atomic E-state index is 3.98. The van der Waals surface area contributed by atoms with Crippen molar-refractivity contribution in [3.05, 3.63) is 101 Å². The van der Waals surface area contributed by atoms with Crippen LogP contribution in [-0.4, -0.2) is 0 Å². The van der Waals surface area contributed by atoms with Gasteiger partial charge in [-0.05, 0) is 86.8 Å². The summed E-state index contributed by atoms with van der Waals surface area (Å²) in [6, 6.07) is 13.1. The van der Waals surface area contributed by atoms with Crippen LogP contribution in [-0.2, 0) is 12.8 Å². The standard InChI is InChI=1S/C14H18.C13H20.C4H10.C3H6.C2H6/c1-10(2)12(5)14-8-6-7-13(9-14)11(3)4;1-5-7-12-9-8-10(3)11(4)13(12)6-2;1-4(2)3;1-3-2;1-2/h6-9,12H,1,3H2,2,4-5H3;8-9H,5-7H2,1-4H3;4H,1-3H3;3H,1H2,2H3;1-2H3. The molecule has 2 aromatic rings. The van der Waals surface area contributed by atoms with Crippen molar-refractivity contribution in [1.29, 1.82) is 0 Å². The SMILES string of the molecule is C=C(C)c1cccc(C(C)C(=C)C)c1.C=CC.CC.CC(C)C.CCCc1ccc(C)c(C)c1CC. The monoisotopic (exact) mass is 492 g/mol. The third-order valence-corrected chi connectivity index (χ3v) is 5.46. The van der Waals surface area contributed by atoms with Crippen molar-refractivity contribution in [1.82, 2.24) is 0 Å². The predicted octanol–water partition coefficient (Wildman–Crippen LogP) is 12.1. The van der Waals surface area contributed by atoms with Crippen molar-refractivity contribution >= 4 is 5.57 Å². The maximum absolute atomic E-state index is 3.98. The van der Waals surface area contributed by atoms with Crippen LogP contribution in [0.5, 0.6) is 0 Å². The molecule has 2 rings (SSSR count). The van der Waals surface area contributed by atoms with Crippen molar-refractivity contribution in [2.24, 2.45) is 5.92 Å².